The number of nitrogens with zero attached hydrogens (tertiary/aromatic N) is 1. The van der Waals surface area contributed by atoms with Crippen LogP contribution in [0.5, 0.6) is 0 Å². The Kier molecular flexibility index (Phi) is 3.84. The summed E-state index contributed by atoms with van der Waals surface area (Å²) in [4.78, 5) is 49.0. The van der Waals surface area contributed by atoms with E-state index >= 15 is 0 Å². The smallest absolute Gasteiger partial charge is 0.338 e. The Morgan fingerprint density at radius 2 is 1.58 bits per heavy atom. The number of fused-ring (bicyclic) bond motifs is 5. The molecule has 2 fully saturated rings. The van der Waals surface area contributed by atoms with E-state index in [1.54, 1.807) is 19.1 Å². The van der Waals surface area contributed by atoms with Gasteiger partial charge in [-0.15, -0.1) is 0 Å². The van der Waals surface area contributed by atoms with Crippen LogP contribution < -0.4 is 5.43 Å². The molecule has 3 heterocycles. The molecule has 26 heavy (non-hydrogen) atoms. The van der Waals surface area contributed by atoms with Crippen LogP contribution in [0.2, 0.25) is 0 Å². The number of ether oxygens (including phenoxy) is 2. The Balaban J connectivity index is 1.46. The average Bonchev–Trinajstić information content (AvgIpc) is 3.32. The molecule has 0 saturated carbocycles. The second-order valence-corrected chi connectivity index (χ2v) is 6.25. The zero-order chi connectivity index (χ0) is 18.4. The van der Waals surface area contributed by atoms with E-state index in [0.717, 1.165) is 5.01 Å². The second kappa shape index (κ2) is 6.06. The summed E-state index contributed by atoms with van der Waals surface area (Å²) in [7, 11) is 0. The molecule has 0 spiro atoms. The first-order chi connectivity index (χ1) is 12.5. The lowest BCUT2D eigenvalue weighted by molar-refractivity contribution is -0.145. The zero-order valence-electron chi connectivity index (χ0n) is 13.9. The molecule has 0 aromatic heterocycles. The number of nitrogens with one attached hydrogen (secondary N) is 1. The van der Waals surface area contributed by atoms with Gasteiger partial charge in [-0.3, -0.25) is 19.8 Å². The molecule has 1 N–H and O–H groups in total. The summed E-state index contributed by atoms with van der Waals surface area (Å²) in [5.74, 6) is -3.18. The van der Waals surface area contributed by atoms with Crippen LogP contribution in [-0.2, 0) is 19.1 Å². The summed E-state index contributed by atoms with van der Waals surface area (Å²) in [6, 6.07) is 5.77. The van der Waals surface area contributed by atoms with Gasteiger partial charge in [0.05, 0.1) is 36.2 Å². The van der Waals surface area contributed by atoms with E-state index in [0.29, 0.717) is 5.56 Å². The van der Waals surface area contributed by atoms with E-state index in [-0.39, 0.29) is 12.2 Å². The van der Waals surface area contributed by atoms with Gasteiger partial charge in [-0.05, 0) is 31.2 Å². The van der Waals surface area contributed by atoms with E-state index in [1.807, 2.05) is 0 Å². The van der Waals surface area contributed by atoms with Gasteiger partial charge in [-0.25, -0.2) is 4.79 Å². The lowest BCUT2D eigenvalue weighted by Gasteiger charge is -2.18. The highest BCUT2D eigenvalue weighted by Crippen LogP contribution is 2.44. The molecule has 1 aromatic carbocycles. The molecule has 0 unspecified atom stereocenters. The van der Waals surface area contributed by atoms with Crippen LogP contribution in [0.25, 0.3) is 0 Å². The van der Waals surface area contributed by atoms with Gasteiger partial charge in [0.25, 0.3) is 17.7 Å². The molecule has 134 valence electrons. The number of hydrazine groups is 1. The summed E-state index contributed by atoms with van der Waals surface area (Å²) in [5.41, 5.74) is 2.89. The topological polar surface area (TPSA) is 102 Å². The number of rotatable bonds is 4. The maximum Gasteiger partial charge on any atom is 0.338 e. The van der Waals surface area contributed by atoms with Crippen molar-refractivity contribution in [2.45, 2.75) is 19.1 Å². The van der Waals surface area contributed by atoms with Crippen LogP contribution in [0.4, 0.5) is 0 Å². The van der Waals surface area contributed by atoms with Crippen LogP contribution in [-0.4, -0.2) is 47.5 Å². The summed E-state index contributed by atoms with van der Waals surface area (Å²) in [5, 5.41) is 0.784. The monoisotopic (exact) mass is 356 g/mol. The van der Waals surface area contributed by atoms with Gasteiger partial charge in [-0.2, -0.15) is 5.01 Å². The Hall–Kier alpha value is -3.00. The highest BCUT2D eigenvalue weighted by Gasteiger charge is 2.61. The van der Waals surface area contributed by atoms with Gasteiger partial charge >= 0.3 is 5.97 Å². The number of hydrogen-bond donors (Lipinski definition) is 1. The molecule has 1 aromatic rings. The van der Waals surface area contributed by atoms with Crippen LogP contribution in [0, 0.1) is 11.8 Å². The molecule has 4 atom stereocenters. The normalized spacial score (nSPS) is 28.4. The van der Waals surface area contributed by atoms with E-state index in [1.165, 1.54) is 24.3 Å². The van der Waals surface area contributed by atoms with Crippen LogP contribution in [0.3, 0.4) is 0 Å². The van der Waals surface area contributed by atoms with E-state index in [4.69, 9.17) is 9.47 Å². The highest BCUT2D eigenvalue weighted by atomic mass is 16.5. The maximum absolute atomic E-state index is 12.5. The molecular formula is C18H16N2O6. The van der Waals surface area contributed by atoms with Gasteiger partial charge in [0.15, 0.2) is 0 Å². The van der Waals surface area contributed by atoms with Crippen molar-refractivity contribution in [3.05, 3.63) is 47.5 Å². The van der Waals surface area contributed by atoms with Crippen molar-refractivity contribution in [2.75, 3.05) is 6.61 Å². The summed E-state index contributed by atoms with van der Waals surface area (Å²) in [6.07, 6.45) is 2.73. The van der Waals surface area contributed by atoms with Crippen molar-refractivity contribution < 1.29 is 28.7 Å². The van der Waals surface area contributed by atoms with E-state index < -0.39 is 47.7 Å². The first-order valence-electron chi connectivity index (χ1n) is 8.31. The predicted octanol–water partition coefficient (Wildman–Crippen LogP) is 0.446. The quantitative estimate of drug-likeness (QED) is 0.477. The van der Waals surface area contributed by atoms with Gasteiger partial charge in [0.1, 0.15) is 0 Å². The standard InChI is InChI=1S/C18H16N2O6/c1-2-25-18(24)10-5-3-9(4-6-10)15(21)19-20-16(22)13-11-7-8-12(26-11)14(13)17(20)23/h3-8,11-14H,2H2,1H3,(H,19,21)/t11-,12+,13+,14-. The van der Waals surface area contributed by atoms with Gasteiger partial charge in [-0.1, -0.05) is 12.2 Å². The minimum absolute atomic E-state index is 0.216. The number of imide groups is 1. The van der Waals surface area contributed by atoms with Crippen LogP contribution >= 0.6 is 0 Å². The Morgan fingerprint density at radius 1 is 1.04 bits per heavy atom. The number of esters is 1. The van der Waals surface area contributed by atoms with E-state index in [9.17, 15) is 19.2 Å². The minimum atomic E-state index is -0.608. The number of amides is 3. The van der Waals surface area contributed by atoms with Crippen molar-refractivity contribution in [1.82, 2.24) is 10.4 Å². The van der Waals surface area contributed by atoms with Crippen molar-refractivity contribution in [1.29, 1.82) is 0 Å². The lowest BCUT2D eigenvalue weighted by atomic mass is 9.85. The molecule has 3 aliphatic rings. The Labute approximate surface area is 148 Å². The fraction of sp³-hybridized carbons (Fsp3) is 0.333. The summed E-state index contributed by atoms with van der Waals surface area (Å²) < 4.78 is 10.4. The predicted molar refractivity (Wildman–Crippen MR) is 86.5 cm³/mol. The first kappa shape index (κ1) is 16.5. The summed E-state index contributed by atoms with van der Waals surface area (Å²) >= 11 is 0. The number of carbonyl (C=O) groups excluding carboxylic acids is 4. The third kappa shape index (κ3) is 2.41. The number of hydrogen-bond acceptors (Lipinski definition) is 6. The Morgan fingerprint density at radius 3 is 2.12 bits per heavy atom. The zero-order valence-corrected chi connectivity index (χ0v) is 13.9. The van der Waals surface area contributed by atoms with Crippen molar-refractivity contribution in [2.24, 2.45) is 11.8 Å². The molecule has 3 amide bonds. The molecule has 0 radical (unpaired) electrons. The second-order valence-electron chi connectivity index (χ2n) is 6.25. The fourth-order valence-corrected chi connectivity index (χ4v) is 3.55. The molecule has 2 bridgehead atoms. The van der Waals surface area contributed by atoms with Crippen LogP contribution in [0.15, 0.2) is 36.4 Å². The SMILES string of the molecule is CCOC(=O)c1ccc(C(=O)NN2C(=O)[C@@H]3[C@H](C2=O)[C@@H]2C=C[C@H]3O2)cc1. The van der Waals surface area contributed by atoms with Gasteiger partial charge in [0, 0.05) is 5.56 Å². The van der Waals surface area contributed by atoms with Crippen molar-refractivity contribution in [3.63, 3.8) is 0 Å². The summed E-state index contributed by atoms with van der Waals surface area (Å²) in [6.45, 7) is 1.95. The molecule has 8 nitrogen and oxygen atoms in total. The maximum atomic E-state index is 12.5. The molecular weight excluding hydrogens is 340 g/mol. The van der Waals surface area contributed by atoms with Crippen molar-refractivity contribution >= 4 is 23.7 Å². The molecule has 4 rings (SSSR count). The van der Waals surface area contributed by atoms with Gasteiger partial charge < -0.3 is 9.47 Å². The molecule has 2 saturated heterocycles. The van der Waals surface area contributed by atoms with Crippen LogP contribution in [0.1, 0.15) is 27.6 Å². The molecule has 8 heteroatoms. The first-order valence-corrected chi connectivity index (χ1v) is 8.31. The largest absolute Gasteiger partial charge is 0.462 e. The van der Waals surface area contributed by atoms with E-state index in [2.05, 4.69) is 5.43 Å². The third-order valence-corrected chi connectivity index (χ3v) is 4.78. The Bertz CT molecular complexity index is 801. The number of benzene rings is 1. The van der Waals surface area contributed by atoms with Crippen molar-refractivity contribution in [3.8, 4) is 0 Å². The average molecular weight is 356 g/mol. The third-order valence-electron chi connectivity index (χ3n) is 4.78. The molecule has 3 aliphatic heterocycles. The molecule has 0 aliphatic carbocycles. The van der Waals surface area contributed by atoms with Gasteiger partial charge in [0.2, 0.25) is 0 Å². The lowest BCUT2D eigenvalue weighted by Crippen LogP contribution is -2.47. The minimum Gasteiger partial charge on any atom is -0.462 e. The number of carbonyl (C=O) groups is 4. The fourth-order valence-electron chi connectivity index (χ4n) is 3.55. The highest BCUT2D eigenvalue weighted by molar-refractivity contribution is 6.09.